The number of urea groups is 1. The number of amides is 2. The fourth-order valence-electron chi connectivity index (χ4n) is 1.84. The number of nitrogens with one attached hydrogen (secondary N) is 2. The Morgan fingerprint density at radius 3 is 3.00 bits per heavy atom. The zero-order valence-corrected chi connectivity index (χ0v) is 12.2. The van der Waals surface area contributed by atoms with Crippen LogP contribution in [-0.2, 0) is 7.05 Å². The minimum Gasteiger partial charge on any atom is -0.476 e. The summed E-state index contributed by atoms with van der Waals surface area (Å²) in [4.78, 5) is 16.1. The first-order chi connectivity index (χ1) is 10.1. The lowest BCUT2D eigenvalue weighted by Gasteiger charge is -2.15. The van der Waals surface area contributed by atoms with Crippen molar-refractivity contribution in [1.29, 1.82) is 0 Å². The van der Waals surface area contributed by atoms with E-state index in [9.17, 15) is 4.79 Å². The standard InChI is InChI=1S/C13H18N6O2/c1-4-21-12-10(6-5-7-14-12)17-13(20)16-9(2)11-18-15-8-19(11)3/h5-9H,4H2,1-3H3,(H2,16,17,20)/t9-/m0/s1. The molecule has 2 rings (SSSR count). The molecule has 112 valence electrons. The van der Waals surface area contributed by atoms with Crippen molar-refractivity contribution in [2.75, 3.05) is 11.9 Å². The van der Waals surface area contributed by atoms with Crippen LogP contribution in [0.15, 0.2) is 24.7 Å². The van der Waals surface area contributed by atoms with Gasteiger partial charge in [-0.3, -0.25) is 0 Å². The first-order valence-corrected chi connectivity index (χ1v) is 6.61. The molecule has 0 unspecified atom stereocenters. The van der Waals surface area contributed by atoms with Crippen molar-refractivity contribution in [2.24, 2.45) is 7.05 Å². The van der Waals surface area contributed by atoms with Crippen molar-refractivity contribution in [3.05, 3.63) is 30.5 Å². The number of aromatic nitrogens is 4. The summed E-state index contributed by atoms with van der Waals surface area (Å²) in [6.45, 7) is 4.16. The van der Waals surface area contributed by atoms with E-state index < -0.39 is 0 Å². The van der Waals surface area contributed by atoms with E-state index in [1.807, 2.05) is 20.9 Å². The van der Waals surface area contributed by atoms with E-state index in [4.69, 9.17) is 4.74 Å². The summed E-state index contributed by atoms with van der Waals surface area (Å²) >= 11 is 0. The normalized spacial score (nSPS) is 11.8. The fourth-order valence-corrected chi connectivity index (χ4v) is 1.84. The third-order valence-corrected chi connectivity index (χ3v) is 2.78. The van der Waals surface area contributed by atoms with Crippen molar-refractivity contribution in [2.45, 2.75) is 19.9 Å². The zero-order valence-electron chi connectivity index (χ0n) is 12.2. The average Bonchev–Trinajstić information content (AvgIpc) is 2.87. The number of carbonyl (C=O) groups excluding carboxylic acids is 1. The maximum absolute atomic E-state index is 12.0. The quantitative estimate of drug-likeness (QED) is 0.870. The summed E-state index contributed by atoms with van der Waals surface area (Å²) in [5.41, 5.74) is 0.516. The lowest BCUT2D eigenvalue weighted by Crippen LogP contribution is -2.32. The van der Waals surface area contributed by atoms with Gasteiger partial charge in [0.25, 0.3) is 0 Å². The molecule has 2 heterocycles. The van der Waals surface area contributed by atoms with Crippen molar-refractivity contribution in [3.63, 3.8) is 0 Å². The largest absolute Gasteiger partial charge is 0.476 e. The Labute approximate surface area is 122 Å². The third-order valence-electron chi connectivity index (χ3n) is 2.78. The fraction of sp³-hybridized carbons (Fsp3) is 0.385. The van der Waals surface area contributed by atoms with Gasteiger partial charge in [0.2, 0.25) is 5.88 Å². The summed E-state index contributed by atoms with van der Waals surface area (Å²) in [6.07, 6.45) is 3.19. The molecule has 0 spiro atoms. The van der Waals surface area contributed by atoms with Crippen LogP contribution in [0.1, 0.15) is 25.7 Å². The number of hydrogen-bond donors (Lipinski definition) is 2. The number of hydrogen-bond acceptors (Lipinski definition) is 5. The Bertz CT molecular complexity index is 612. The van der Waals surface area contributed by atoms with Gasteiger partial charge in [-0.25, -0.2) is 9.78 Å². The molecular formula is C13H18N6O2. The molecule has 0 aliphatic heterocycles. The van der Waals surface area contributed by atoms with Crippen LogP contribution in [-0.4, -0.2) is 32.4 Å². The van der Waals surface area contributed by atoms with Crippen molar-refractivity contribution >= 4 is 11.7 Å². The molecule has 1 atom stereocenters. The first-order valence-electron chi connectivity index (χ1n) is 6.61. The Kier molecular flexibility index (Phi) is 4.70. The Balaban J connectivity index is 2.00. The van der Waals surface area contributed by atoms with Gasteiger partial charge in [-0.1, -0.05) is 0 Å². The van der Waals surface area contributed by atoms with Crippen LogP contribution in [0.3, 0.4) is 0 Å². The number of pyridine rings is 1. The molecule has 0 fully saturated rings. The van der Waals surface area contributed by atoms with Crippen LogP contribution in [0.2, 0.25) is 0 Å². The number of nitrogens with zero attached hydrogens (tertiary/aromatic N) is 4. The molecule has 0 aromatic carbocycles. The van der Waals surface area contributed by atoms with Crippen molar-refractivity contribution in [3.8, 4) is 5.88 Å². The average molecular weight is 290 g/mol. The van der Waals surface area contributed by atoms with E-state index in [1.165, 1.54) is 0 Å². The lowest BCUT2D eigenvalue weighted by atomic mass is 10.3. The summed E-state index contributed by atoms with van der Waals surface area (Å²) in [6, 6.07) is 2.82. The maximum atomic E-state index is 12.0. The summed E-state index contributed by atoms with van der Waals surface area (Å²) < 4.78 is 7.10. The number of aryl methyl sites for hydroxylation is 1. The summed E-state index contributed by atoms with van der Waals surface area (Å²) in [5.74, 6) is 1.06. The molecule has 2 aromatic rings. The SMILES string of the molecule is CCOc1ncccc1NC(=O)N[C@@H](C)c1nncn1C. The van der Waals surface area contributed by atoms with E-state index >= 15 is 0 Å². The molecule has 2 amide bonds. The third kappa shape index (κ3) is 3.68. The van der Waals surface area contributed by atoms with Gasteiger partial charge in [-0.05, 0) is 26.0 Å². The van der Waals surface area contributed by atoms with Crippen molar-refractivity contribution in [1.82, 2.24) is 25.1 Å². The van der Waals surface area contributed by atoms with E-state index in [0.717, 1.165) is 0 Å². The van der Waals surface area contributed by atoms with Gasteiger partial charge in [0.15, 0.2) is 5.82 Å². The van der Waals surface area contributed by atoms with E-state index in [1.54, 1.807) is 29.2 Å². The Hall–Kier alpha value is -2.64. The lowest BCUT2D eigenvalue weighted by molar-refractivity contribution is 0.248. The minimum atomic E-state index is -0.362. The van der Waals surface area contributed by atoms with Gasteiger partial charge < -0.3 is 19.9 Å². The Morgan fingerprint density at radius 2 is 2.33 bits per heavy atom. The summed E-state index contributed by atoms with van der Waals surface area (Å²) in [5, 5.41) is 13.2. The molecule has 0 bridgehead atoms. The minimum absolute atomic E-state index is 0.273. The molecule has 0 saturated heterocycles. The monoisotopic (exact) mass is 290 g/mol. The molecule has 0 aliphatic rings. The highest BCUT2D eigenvalue weighted by molar-refractivity contribution is 5.90. The highest BCUT2D eigenvalue weighted by Gasteiger charge is 2.15. The number of anilines is 1. The van der Waals surface area contributed by atoms with Gasteiger partial charge in [0.05, 0.1) is 12.6 Å². The predicted octanol–water partition coefficient (Wildman–Crippen LogP) is 1.49. The number of ether oxygens (including phenoxy) is 1. The van der Waals surface area contributed by atoms with Crippen LogP contribution in [0.5, 0.6) is 5.88 Å². The second-order valence-electron chi connectivity index (χ2n) is 4.41. The molecular weight excluding hydrogens is 272 g/mol. The van der Waals surface area contributed by atoms with E-state index in [-0.39, 0.29) is 12.1 Å². The van der Waals surface area contributed by atoms with Crippen LogP contribution < -0.4 is 15.4 Å². The predicted molar refractivity (Wildman–Crippen MR) is 77.0 cm³/mol. The smallest absolute Gasteiger partial charge is 0.319 e. The second kappa shape index (κ2) is 6.69. The zero-order chi connectivity index (χ0) is 15.2. The molecule has 2 N–H and O–H groups in total. The topological polar surface area (TPSA) is 94.0 Å². The van der Waals surface area contributed by atoms with Gasteiger partial charge in [-0.2, -0.15) is 0 Å². The maximum Gasteiger partial charge on any atom is 0.319 e. The molecule has 0 saturated carbocycles. The highest BCUT2D eigenvalue weighted by Crippen LogP contribution is 2.20. The van der Waals surface area contributed by atoms with Gasteiger partial charge in [-0.15, -0.1) is 10.2 Å². The summed E-state index contributed by atoms with van der Waals surface area (Å²) in [7, 11) is 1.82. The molecule has 8 nitrogen and oxygen atoms in total. The molecule has 0 aliphatic carbocycles. The Morgan fingerprint density at radius 1 is 1.52 bits per heavy atom. The van der Waals surface area contributed by atoms with Gasteiger partial charge in [0.1, 0.15) is 12.0 Å². The van der Waals surface area contributed by atoms with Gasteiger partial charge in [0, 0.05) is 13.2 Å². The molecule has 2 aromatic heterocycles. The number of carbonyl (C=O) groups is 1. The highest BCUT2D eigenvalue weighted by atomic mass is 16.5. The van der Waals surface area contributed by atoms with Gasteiger partial charge >= 0.3 is 6.03 Å². The second-order valence-corrected chi connectivity index (χ2v) is 4.41. The van der Waals surface area contributed by atoms with Crippen LogP contribution in [0.25, 0.3) is 0 Å². The van der Waals surface area contributed by atoms with Crippen LogP contribution >= 0.6 is 0 Å². The van der Waals surface area contributed by atoms with Crippen molar-refractivity contribution < 1.29 is 9.53 Å². The van der Waals surface area contributed by atoms with Crippen LogP contribution in [0, 0.1) is 0 Å². The van der Waals surface area contributed by atoms with Crippen LogP contribution in [0.4, 0.5) is 10.5 Å². The molecule has 0 radical (unpaired) electrons. The first kappa shape index (κ1) is 14.8. The van der Waals surface area contributed by atoms with E-state index in [0.29, 0.717) is 24.0 Å². The molecule has 21 heavy (non-hydrogen) atoms. The molecule has 8 heteroatoms. The number of rotatable bonds is 5. The van der Waals surface area contributed by atoms with E-state index in [2.05, 4.69) is 25.8 Å².